The average molecular weight is 420 g/mol. The lowest BCUT2D eigenvalue weighted by atomic mass is 10.2. The van der Waals surface area contributed by atoms with E-state index in [-0.39, 0.29) is 43.5 Å². The highest BCUT2D eigenvalue weighted by molar-refractivity contribution is 7.89. The minimum absolute atomic E-state index is 0.0499. The van der Waals surface area contributed by atoms with Gasteiger partial charge in [-0.2, -0.15) is 4.31 Å². The first-order chi connectivity index (χ1) is 13.8. The van der Waals surface area contributed by atoms with Gasteiger partial charge in [-0.3, -0.25) is 9.59 Å². The Labute approximate surface area is 168 Å². The topological polar surface area (TPSA) is 113 Å². The number of nitrogen functional groups attached to an aromatic ring is 1. The number of rotatable bonds is 5. The minimum atomic E-state index is -3.97. The lowest BCUT2D eigenvalue weighted by Gasteiger charge is -2.34. The van der Waals surface area contributed by atoms with Crippen LogP contribution in [0.1, 0.15) is 10.4 Å². The largest absolute Gasteiger partial charge is 0.399 e. The molecule has 1 aliphatic heterocycles. The first kappa shape index (κ1) is 20.7. The summed E-state index contributed by atoms with van der Waals surface area (Å²) in [4.78, 5) is 25.5. The van der Waals surface area contributed by atoms with Crippen molar-refractivity contribution in [3.05, 3.63) is 59.9 Å². The van der Waals surface area contributed by atoms with Gasteiger partial charge in [0, 0.05) is 37.4 Å². The van der Waals surface area contributed by atoms with Crippen molar-refractivity contribution in [2.24, 2.45) is 0 Å². The van der Waals surface area contributed by atoms with E-state index < -0.39 is 21.7 Å². The first-order valence-electron chi connectivity index (χ1n) is 8.95. The van der Waals surface area contributed by atoms with Gasteiger partial charge in [-0.25, -0.2) is 12.8 Å². The number of anilines is 1. The van der Waals surface area contributed by atoms with Crippen molar-refractivity contribution in [3.8, 4) is 0 Å². The predicted molar refractivity (Wildman–Crippen MR) is 105 cm³/mol. The van der Waals surface area contributed by atoms with E-state index in [2.05, 4.69) is 5.32 Å². The number of carbonyl (C=O) groups is 2. The van der Waals surface area contributed by atoms with Crippen molar-refractivity contribution in [2.75, 3.05) is 38.5 Å². The third-order valence-electron chi connectivity index (χ3n) is 4.62. The minimum Gasteiger partial charge on any atom is -0.399 e. The van der Waals surface area contributed by atoms with Crippen LogP contribution in [0, 0.1) is 5.82 Å². The molecule has 3 N–H and O–H groups in total. The summed E-state index contributed by atoms with van der Waals surface area (Å²) in [6.07, 6.45) is 0. The van der Waals surface area contributed by atoms with Crippen LogP contribution >= 0.6 is 0 Å². The van der Waals surface area contributed by atoms with Crippen LogP contribution in [0.5, 0.6) is 0 Å². The molecule has 8 nitrogen and oxygen atoms in total. The van der Waals surface area contributed by atoms with Gasteiger partial charge in [-0.05, 0) is 36.4 Å². The van der Waals surface area contributed by atoms with E-state index in [0.717, 1.165) is 10.4 Å². The molecule has 1 saturated heterocycles. The van der Waals surface area contributed by atoms with Gasteiger partial charge in [0.1, 0.15) is 10.7 Å². The number of amides is 2. The normalized spacial score (nSPS) is 15.1. The van der Waals surface area contributed by atoms with Gasteiger partial charge in [0.15, 0.2) is 0 Å². The summed E-state index contributed by atoms with van der Waals surface area (Å²) in [6, 6.07) is 11.5. The van der Waals surface area contributed by atoms with Crippen molar-refractivity contribution in [2.45, 2.75) is 4.90 Å². The Morgan fingerprint density at radius 2 is 1.62 bits per heavy atom. The molecule has 1 fully saturated rings. The second-order valence-corrected chi connectivity index (χ2v) is 8.43. The molecule has 0 bridgehead atoms. The van der Waals surface area contributed by atoms with Crippen LogP contribution in [0.25, 0.3) is 0 Å². The highest BCUT2D eigenvalue weighted by Gasteiger charge is 2.31. The van der Waals surface area contributed by atoms with Crippen molar-refractivity contribution in [3.63, 3.8) is 0 Å². The van der Waals surface area contributed by atoms with Crippen LogP contribution in [0.3, 0.4) is 0 Å². The highest BCUT2D eigenvalue weighted by Crippen LogP contribution is 2.20. The first-order valence-corrected chi connectivity index (χ1v) is 10.4. The third kappa shape index (κ3) is 4.72. The van der Waals surface area contributed by atoms with Crippen molar-refractivity contribution in [1.82, 2.24) is 14.5 Å². The second-order valence-electron chi connectivity index (χ2n) is 6.52. The third-order valence-corrected chi connectivity index (χ3v) is 6.55. The standard InChI is InChI=1S/C19H21FN4O4S/c20-16-3-1-2-4-17(16)29(27,28)24-11-9-23(10-12-24)18(25)13-22-19(26)14-5-7-15(21)8-6-14/h1-8H,9-13,21H2,(H,22,26). The zero-order valence-corrected chi connectivity index (χ0v) is 16.4. The van der Waals surface area contributed by atoms with Gasteiger partial charge in [0.25, 0.3) is 5.91 Å². The number of carbonyl (C=O) groups excluding carboxylic acids is 2. The van der Waals surface area contributed by atoms with E-state index in [1.807, 2.05) is 0 Å². The molecule has 0 spiro atoms. The molecule has 0 unspecified atom stereocenters. The molecule has 0 aromatic heterocycles. The summed E-state index contributed by atoms with van der Waals surface area (Å²) < 4.78 is 40.2. The Balaban J connectivity index is 1.53. The molecular weight excluding hydrogens is 399 g/mol. The van der Waals surface area contributed by atoms with Crippen LogP contribution in [-0.2, 0) is 14.8 Å². The maximum Gasteiger partial charge on any atom is 0.251 e. The number of hydrogen-bond donors (Lipinski definition) is 2. The molecule has 0 radical (unpaired) electrons. The fraction of sp³-hybridized carbons (Fsp3) is 0.263. The summed E-state index contributed by atoms with van der Waals surface area (Å²) in [5.41, 5.74) is 6.48. The van der Waals surface area contributed by atoms with Crippen LogP contribution in [0.2, 0.25) is 0 Å². The van der Waals surface area contributed by atoms with E-state index in [4.69, 9.17) is 5.73 Å². The molecule has 1 aliphatic rings. The van der Waals surface area contributed by atoms with Crippen molar-refractivity contribution in [1.29, 1.82) is 0 Å². The molecule has 29 heavy (non-hydrogen) atoms. The maximum absolute atomic E-state index is 13.9. The van der Waals surface area contributed by atoms with Crippen molar-refractivity contribution >= 4 is 27.5 Å². The monoisotopic (exact) mass is 420 g/mol. The highest BCUT2D eigenvalue weighted by atomic mass is 32.2. The fourth-order valence-corrected chi connectivity index (χ4v) is 4.46. The van der Waals surface area contributed by atoms with Gasteiger partial charge in [-0.1, -0.05) is 12.1 Å². The van der Waals surface area contributed by atoms with Gasteiger partial charge in [0.05, 0.1) is 6.54 Å². The van der Waals surface area contributed by atoms with Crippen LogP contribution in [0.4, 0.5) is 10.1 Å². The summed E-state index contributed by atoms with van der Waals surface area (Å²) in [5.74, 6) is -1.53. The van der Waals surface area contributed by atoms with Gasteiger partial charge >= 0.3 is 0 Å². The Hall–Kier alpha value is -2.98. The number of nitrogens with zero attached hydrogens (tertiary/aromatic N) is 2. The predicted octanol–water partition coefficient (Wildman–Crippen LogP) is 0.671. The fourth-order valence-electron chi connectivity index (χ4n) is 2.98. The Kier molecular flexibility index (Phi) is 6.14. The van der Waals surface area contributed by atoms with Crippen LogP contribution in [-0.4, -0.2) is 62.2 Å². The molecule has 10 heteroatoms. The number of halogens is 1. The van der Waals surface area contributed by atoms with Crippen molar-refractivity contribution < 1.29 is 22.4 Å². The average Bonchev–Trinajstić information content (AvgIpc) is 2.72. The Morgan fingerprint density at radius 3 is 2.24 bits per heavy atom. The van der Waals surface area contributed by atoms with E-state index in [0.29, 0.717) is 11.3 Å². The zero-order valence-electron chi connectivity index (χ0n) is 15.5. The quantitative estimate of drug-likeness (QED) is 0.691. The number of nitrogens with one attached hydrogen (secondary N) is 1. The lowest BCUT2D eigenvalue weighted by molar-refractivity contribution is -0.131. The molecule has 0 atom stereocenters. The zero-order chi connectivity index (χ0) is 21.0. The molecule has 2 aromatic carbocycles. The van der Waals surface area contributed by atoms with E-state index in [1.54, 1.807) is 24.3 Å². The number of benzene rings is 2. The summed E-state index contributed by atoms with van der Waals surface area (Å²) in [5, 5.41) is 2.54. The van der Waals surface area contributed by atoms with E-state index in [9.17, 15) is 22.4 Å². The Morgan fingerprint density at radius 1 is 1.00 bits per heavy atom. The number of nitrogens with two attached hydrogens (primary N) is 1. The molecule has 1 heterocycles. The smallest absolute Gasteiger partial charge is 0.251 e. The maximum atomic E-state index is 13.9. The van der Waals surface area contributed by atoms with Crippen LogP contribution < -0.4 is 11.1 Å². The van der Waals surface area contributed by atoms with E-state index in [1.165, 1.54) is 23.1 Å². The van der Waals surface area contributed by atoms with Gasteiger partial charge in [-0.15, -0.1) is 0 Å². The number of sulfonamides is 1. The SMILES string of the molecule is Nc1ccc(C(=O)NCC(=O)N2CCN(S(=O)(=O)c3ccccc3F)CC2)cc1. The lowest BCUT2D eigenvalue weighted by Crippen LogP contribution is -2.52. The van der Waals surface area contributed by atoms with Gasteiger partial charge in [0.2, 0.25) is 15.9 Å². The molecule has 0 aliphatic carbocycles. The second kappa shape index (κ2) is 8.58. The van der Waals surface area contributed by atoms with E-state index >= 15 is 0 Å². The summed E-state index contributed by atoms with van der Waals surface area (Å²) >= 11 is 0. The summed E-state index contributed by atoms with van der Waals surface area (Å²) in [6.45, 7) is 0.209. The molecular formula is C19H21FN4O4S. The molecule has 3 rings (SSSR count). The molecule has 2 aromatic rings. The molecule has 154 valence electrons. The molecule has 0 saturated carbocycles. The summed E-state index contributed by atoms with van der Waals surface area (Å²) in [7, 11) is -3.97. The van der Waals surface area contributed by atoms with Gasteiger partial charge < -0.3 is 16.0 Å². The molecule has 2 amide bonds. The number of hydrogen-bond acceptors (Lipinski definition) is 5. The van der Waals surface area contributed by atoms with Crippen LogP contribution in [0.15, 0.2) is 53.4 Å². The number of piperazine rings is 1. The Bertz CT molecular complexity index is 1000.